The minimum atomic E-state index is -0.820. The van der Waals surface area contributed by atoms with Gasteiger partial charge in [0.1, 0.15) is 11.5 Å². The summed E-state index contributed by atoms with van der Waals surface area (Å²) in [6.07, 6.45) is 3.02. The van der Waals surface area contributed by atoms with Gasteiger partial charge in [0, 0.05) is 18.0 Å². The first-order chi connectivity index (χ1) is 15.6. The van der Waals surface area contributed by atoms with Crippen LogP contribution in [0.1, 0.15) is 17.2 Å². The third kappa shape index (κ3) is 3.21. The van der Waals surface area contributed by atoms with Crippen LogP contribution in [-0.4, -0.2) is 33.9 Å². The molecule has 0 bridgehead atoms. The van der Waals surface area contributed by atoms with Crippen molar-refractivity contribution in [2.45, 2.75) is 6.04 Å². The van der Waals surface area contributed by atoms with Crippen molar-refractivity contribution in [2.24, 2.45) is 0 Å². The van der Waals surface area contributed by atoms with Crippen LogP contribution in [0.2, 0.25) is 0 Å². The zero-order valence-electron chi connectivity index (χ0n) is 16.9. The Balaban J connectivity index is 1.71. The van der Waals surface area contributed by atoms with E-state index >= 15 is 0 Å². The van der Waals surface area contributed by atoms with Crippen molar-refractivity contribution in [3.05, 3.63) is 89.8 Å². The lowest BCUT2D eigenvalue weighted by Crippen LogP contribution is -2.29. The summed E-state index contributed by atoms with van der Waals surface area (Å²) in [6.45, 7) is 0. The van der Waals surface area contributed by atoms with E-state index < -0.39 is 17.7 Å². The molecule has 2 aromatic heterocycles. The van der Waals surface area contributed by atoms with E-state index in [1.807, 2.05) is 36.4 Å². The Morgan fingerprint density at radius 3 is 2.62 bits per heavy atom. The summed E-state index contributed by atoms with van der Waals surface area (Å²) in [5, 5.41) is 11.4. The highest BCUT2D eigenvalue weighted by atomic mass is 32.1. The molecule has 1 atom stereocenters. The lowest BCUT2D eigenvalue weighted by molar-refractivity contribution is -0.132. The number of hydrogen-bond donors (Lipinski definition) is 1. The average molecular weight is 443 g/mol. The number of carbonyl (C=O) groups is 2. The zero-order chi connectivity index (χ0) is 22.2. The second-order valence-electron chi connectivity index (χ2n) is 7.15. The van der Waals surface area contributed by atoms with E-state index in [0.717, 1.165) is 4.70 Å². The summed E-state index contributed by atoms with van der Waals surface area (Å²) in [6, 6.07) is 17.0. The molecule has 1 amide bonds. The van der Waals surface area contributed by atoms with Crippen LogP contribution in [0.4, 0.5) is 5.13 Å². The quantitative estimate of drug-likeness (QED) is 0.287. The van der Waals surface area contributed by atoms with Gasteiger partial charge < -0.3 is 9.84 Å². The predicted molar refractivity (Wildman–Crippen MR) is 122 cm³/mol. The van der Waals surface area contributed by atoms with Gasteiger partial charge in [0.05, 0.1) is 28.9 Å². The smallest absolute Gasteiger partial charge is 0.301 e. The first-order valence-electron chi connectivity index (χ1n) is 9.79. The molecule has 0 saturated carbocycles. The lowest BCUT2D eigenvalue weighted by atomic mass is 9.96. The SMILES string of the molecule is COc1ccc2nc(N3C(=O)C(=O)C(=C(O)c4cccnc4)C3c3ccccc3)sc2c1. The molecule has 1 unspecified atom stereocenters. The van der Waals surface area contributed by atoms with Crippen molar-refractivity contribution in [1.82, 2.24) is 9.97 Å². The number of aromatic nitrogens is 2. The van der Waals surface area contributed by atoms with Crippen LogP contribution in [0.25, 0.3) is 16.0 Å². The van der Waals surface area contributed by atoms with Gasteiger partial charge in [-0.1, -0.05) is 41.7 Å². The highest BCUT2D eigenvalue weighted by molar-refractivity contribution is 7.22. The number of anilines is 1. The molecule has 5 rings (SSSR count). The molecule has 32 heavy (non-hydrogen) atoms. The summed E-state index contributed by atoms with van der Waals surface area (Å²) < 4.78 is 6.10. The molecule has 1 aliphatic heterocycles. The molecule has 1 N–H and O–H groups in total. The number of benzene rings is 2. The van der Waals surface area contributed by atoms with Gasteiger partial charge in [-0.25, -0.2) is 4.98 Å². The third-order valence-corrected chi connectivity index (χ3v) is 6.30. The molecule has 1 saturated heterocycles. The maximum atomic E-state index is 13.2. The van der Waals surface area contributed by atoms with Crippen molar-refractivity contribution in [1.29, 1.82) is 0 Å². The summed E-state index contributed by atoms with van der Waals surface area (Å²) in [4.78, 5) is 36.3. The zero-order valence-corrected chi connectivity index (χ0v) is 17.7. The second-order valence-corrected chi connectivity index (χ2v) is 8.16. The van der Waals surface area contributed by atoms with E-state index in [2.05, 4.69) is 9.97 Å². The van der Waals surface area contributed by atoms with Crippen molar-refractivity contribution in [2.75, 3.05) is 12.0 Å². The molecule has 8 heteroatoms. The van der Waals surface area contributed by atoms with E-state index in [0.29, 0.717) is 27.5 Å². The number of amides is 1. The molecule has 0 spiro atoms. The third-order valence-electron chi connectivity index (χ3n) is 5.29. The standard InChI is InChI=1S/C24H17N3O4S/c1-31-16-9-10-17-18(12-16)32-24(26-17)27-20(14-6-3-2-4-7-14)19(22(29)23(27)30)21(28)15-8-5-11-25-13-15/h2-13,20,28H,1H3. The van der Waals surface area contributed by atoms with Crippen LogP contribution in [0, 0.1) is 0 Å². The van der Waals surface area contributed by atoms with Crippen LogP contribution in [0.15, 0.2) is 78.6 Å². The summed E-state index contributed by atoms with van der Waals surface area (Å²) in [7, 11) is 1.58. The monoisotopic (exact) mass is 443 g/mol. The van der Waals surface area contributed by atoms with Gasteiger partial charge >= 0.3 is 5.91 Å². The highest BCUT2D eigenvalue weighted by Crippen LogP contribution is 2.44. The number of rotatable bonds is 4. The summed E-state index contributed by atoms with van der Waals surface area (Å²) >= 11 is 1.28. The van der Waals surface area contributed by atoms with Gasteiger partial charge in [-0.3, -0.25) is 19.5 Å². The van der Waals surface area contributed by atoms with Crippen molar-refractivity contribution in [3.63, 3.8) is 0 Å². The van der Waals surface area contributed by atoms with Crippen LogP contribution in [0.5, 0.6) is 5.75 Å². The number of pyridine rings is 1. The molecule has 7 nitrogen and oxygen atoms in total. The number of carbonyl (C=O) groups excluding carboxylic acids is 2. The number of aliphatic hydroxyl groups is 1. The van der Waals surface area contributed by atoms with Gasteiger partial charge in [0.2, 0.25) is 0 Å². The van der Waals surface area contributed by atoms with Crippen molar-refractivity contribution >= 4 is 44.1 Å². The Bertz CT molecular complexity index is 1370. The van der Waals surface area contributed by atoms with Gasteiger partial charge in [-0.05, 0) is 35.9 Å². The molecular weight excluding hydrogens is 426 g/mol. The Morgan fingerprint density at radius 1 is 1.09 bits per heavy atom. The molecule has 1 fully saturated rings. The second kappa shape index (κ2) is 7.90. The van der Waals surface area contributed by atoms with E-state index in [9.17, 15) is 14.7 Å². The maximum absolute atomic E-state index is 13.2. The Labute approximate surface area is 187 Å². The number of fused-ring (bicyclic) bond motifs is 1. The van der Waals surface area contributed by atoms with Crippen LogP contribution in [0.3, 0.4) is 0 Å². The molecule has 158 valence electrons. The highest BCUT2D eigenvalue weighted by Gasteiger charge is 2.48. The van der Waals surface area contributed by atoms with Crippen molar-refractivity contribution < 1.29 is 19.4 Å². The molecule has 4 aromatic rings. The van der Waals surface area contributed by atoms with Gasteiger partial charge in [-0.15, -0.1) is 0 Å². The topological polar surface area (TPSA) is 92.6 Å². The molecule has 0 aliphatic carbocycles. The van der Waals surface area contributed by atoms with Crippen molar-refractivity contribution in [3.8, 4) is 5.75 Å². The summed E-state index contributed by atoms with van der Waals surface area (Å²) in [5.74, 6) is -1.10. The number of aliphatic hydroxyl groups excluding tert-OH is 1. The van der Waals surface area contributed by atoms with Crippen LogP contribution in [-0.2, 0) is 9.59 Å². The maximum Gasteiger partial charge on any atom is 0.301 e. The first kappa shape index (κ1) is 19.9. The number of ether oxygens (including phenoxy) is 1. The molecule has 2 aromatic carbocycles. The van der Waals surface area contributed by atoms with Crippen LogP contribution < -0.4 is 9.64 Å². The molecule has 0 radical (unpaired) electrons. The Hall–Kier alpha value is -4.04. The van der Waals surface area contributed by atoms with E-state index in [4.69, 9.17) is 4.74 Å². The van der Waals surface area contributed by atoms with Gasteiger partial charge in [0.15, 0.2) is 5.13 Å². The number of hydrogen-bond acceptors (Lipinski definition) is 7. The molecular formula is C24H17N3O4S. The minimum Gasteiger partial charge on any atom is -0.507 e. The number of thiazole rings is 1. The van der Waals surface area contributed by atoms with Gasteiger partial charge in [-0.2, -0.15) is 0 Å². The largest absolute Gasteiger partial charge is 0.507 e. The lowest BCUT2D eigenvalue weighted by Gasteiger charge is -2.22. The fourth-order valence-electron chi connectivity index (χ4n) is 3.76. The average Bonchev–Trinajstić information content (AvgIpc) is 3.37. The molecule has 1 aliphatic rings. The van der Waals surface area contributed by atoms with E-state index in [1.54, 1.807) is 37.6 Å². The number of Topliss-reactive ketones (excluding diaryl/α,β-unsaturated/α-hetero) is 1. The molecule has 3 heterocycles. The first-order valence-corrected chi connectivity index (χ1v) is 10.6. The predicted octanol–water partition coefficient (Wildman–Crippen LogP) is 4.33. The Morgan fingerprint density at radius 2 is 1.91 bits per heavy atom. The van der Waals surface area contributed by atoms with E-state index in [1.165, 1.54) is 22.4 Å². The normalized spacial score (nSPS) is 17.8. The van der Waals surface area contributed by atoms with Crippen LogP contribution >= 0.6 is 11.3 Å². The summed E-state index contributed by atoms with van der Waals surface area (Å²) in [5.41, 5.74) is 1.74. The number of methoxy groups -OCH3 is 1. The fourth-order valence-corrected chi connectivity index (χ4v) is 4.78. The number of nitrogens with zero attached hydrogens (tertiary/aromatic N) is 3. The number of ketones is 1. The van der Waals surface area contributed by atoms with Gasteiger partial charge in [0.25, 0.3) is 5.78 Å². The Kier molecular flexibility index (Phi) is 4.91. The van der Waals surface area contributed by atoms with E-state index in [-0.39, 0.29) is 11.3 Å². The fraction of sp³-hybridized carbons (Fsp3) is 0.0833. The minimum absolute atomic E-state index is 0.00559.